The Morgan fingerprint density at radius 2 is 1.75 bits per heavy atom. The van der Waals surface area contributed by atoms with E-state index in [0.29, 0.717) is 5.56 Å². The number of fused-ring (bicyclic) bond motifs is 2. The summed E-state index contributed by atoms with van der Waals surface area (Å²) < 4.78 is 19.2. The smallest absolute Gasteiger partial charge is 0.411 e. The van der Waals surface area contributed by atoms with Crippen LogP contribution in [0.4, 0.5) is 9.18 Å². The molecular formula is C33H42FN5O4S. The van der Waals surface area contributed by atoms with Gasteiger partial charge in [0.1, 0.15) is 24.0 Å². The number of amides is 3. The van der Waals surface area contributed by atoms with Crippen LogP contribution in [0.25, 0.3) is 11.1 Å². The predicted molar refractivity (Wildman–Crippen MR) is 167 cm³/mol. The molecule has 3 atom stereocenters. The summed E-state index contributed by atoms with van der Waals surface area (Å²) >= 11 is 1.45. The molecule has 3 heterocycles. The minimum Gasteiger partial charge on any atom is -0.444 e. The Balaban J connectivity index is 0.000000178. The summed E-state index contributed by atoms with van der Waals surface area (Å²) in [4.78, 5) is 43.9. The summed E-state index contributed by atoms with van der Waals surface area (Å²) in [6.45, 7) is 10.7. The highest BCUT2D eigenvalue weighted by Crippen LogP contribution is 2.43. The van der Waals surface area contributed by atoms with E-state index >= 15 is 0 Å². The summed E-state index contributed by atoms with van der Waals surface area (Å²) in [5.74, 6) is -0.159. The fourth-order valence-corrected chi connectivity index (χ4v) is 7.28. The molecule has 2 saturated carbocycles. The van der Waals surface area contributed by atoms with E-state index in [1.165, 1.54) is 24.2 Å². The zero-order valence-corrected chi connectivity index (χ0v) is 26.8. The number of carbonyl (C=O) groups excluding carboxylic acids is 3. The van der Waals surface area contributed by atoms with Crippen molar-refractivity contribution in [2.75, 3.05) is 32.7 Å². The molecule has 6 rings (SSSR count). The molecule has 0 unspecified atom stereocenters. The number of hydrogen-bond acceptors (Lipinski definition) is 7. The second-order valence-electron chi connectivity index (χ2n) is 13.2. The van der Waals surface area contributed by atoms with Crippen LogP contribution in [0.5, 0.6) is 0 Å². The van der Waals surface area contributed by atoms with Crippen LogP contribution in [-0.4, -0.2) is 89.1 Å². The van der Waals surface area contributed by atoms with Crippen LogP contribution in [0, 0.1) is 30.0 Å². The minimum atomic E-state index is -0.577. The largest absolute Gasteiger partial charge is 0.444 e. The summed E-state index contributed by atoms with van der Waals surface area (Å²) in [6, 6.07) is 9.37. The van der Waals surface area contributed by atoms with Gasteiger partial charge in [-0.25, -0.2) is 9.18 Å². The van der Waals surface area contributed by atoms with Gasteiger partial charge in [0, 0.05) is 38.3 Å². The van der Waals surface area contributed by atoms with Crippen molar-refractivity contribution in [3.05, 3.63) is 45.9 Å². The lowest BCUT2D eigenvalue weighted by Crippen LogP contribution is -2.53. The van der Waals surface area contributed by atoms with Crippen molar-refractivity contribution in [3.8, 4) is 17.2 Å². The maximum Gasteiger partial charge on any atom is 0.411 e. The van der Waals surface area contributed by atoms with E-state index < -0.39 is 17.7 Å². The first-order valence-corrected chi connectivity index (χ1v) is 16.4. The third-order valence-electron chi connectivity index (χ3n) is 8.78. The molecule has 44 heavy (non-hydrogen) atoms. The van der Waals surface area contributed by atoms with Gasteiger partial charge in [0.05, 0.1) is 10.9 Å². The molecule has 2 aliphatic carbocycles. The Morgan fingerprint density at radius 3 is 2.39 bits per heavy atom. The SMILES string of the molecule is CC(C)(C)OC(=O)N1[C@@H]2CC[C@@H](C2)[C@H]1C(=O)NCC#N.Cc1ccc(-c2csc(C(=O)N3CCN(C4CC4)CC3)c2)cc1F. The average Bonchev–Trinajstić information content (AvgIpc) is 3.37. The number of likely N-dealkylation sites (tertiary alicyclic amines) is 1. The van der Waals surface area contributed by atoms with Crippen LogP contribution >= 0.6 is 11.3 Å². The minimum absolute atomic E-state index is 0.0329. The second-order valence-corrected chi connectivity index (χ2v) is 14.1. The lowest BCUT2D eigenvalue weighted by molar-refractivity contribution is -0.127. The molecule has 0 radical (unpaired) electrons. The van der Waals surface area contributed by atoms with E-state index in [4.69, 9.17) is 10.00 Å². The van der Waals surface area contributed by atoms with Crippen molar-refractivity contribution < 1.29 is 23.5 Å². The van der Waals surface area contributed by atoms with Gasteiger partial charge in [0.2, 0.25) is 5.91 Å². The number of aryl methyl sites for hydroxylation is 1. The Labute approximate surface area is 262 Å². The lowest BCUT2D eigenvalue weighted by Gasteiger charge is -2.35. The first kappa shape index (κ1) is 31.9. The van der Waals surface area contributed by atoms with Crippen molar-refractivity contribution in [1.82, 2.24) is 20.0 Å². The molecule has 1 N–H and O–H groups in total. The highest BCUT2D eigenvalue weighted by atomic mass is 32.1. The number of hydrogen-bond donors (Lipinski definition) is 1. The molecule has 9 nitrogen and oxygen atoms in total. The average molecular weight is 624 g/mol. The predicted octanol–water partition coefficient (Wildman–Crippen LogP) is 5.20. The Kier molecular flexibility index (Phi) is 9.61. The molecule has 236 valence electrons. The van der Waals surface area contributed by atoms with Gasteiger partial charge in [0.25, 0.3) is 5.91 Å². The van der Waals surface area contributed by atoms with E-state index in [-0.39, 0.29) is 36.1 Å². The molecule has 11 heteroatoms. The molecule has 1 aromatic carbocycles. The van der Waals surface area contributed by atoms with Crippen LogP contribution < -0.4 is 5.32 Å². The molecule has 2 aromatic rings. The molecule has 2 aliphatic heterocycles. The number of nitrogens with one attached hydrogen (secondary N) is 1. The number of piperazine rings is 1. The standard InChI is InChI=1S/C19H21FN2OS.C14H21N3O3/c1-13-2-3-14(10-17(13)20)15-11-18(24-12-15)19(23)22-8-6-21(7-9-22)16-4-5-16;1-14(2,3)20-13(19)17-10-5-4-9(8-10)11(17)12(18)16-7-6-15/h2-3,10-12,16H,4-9H2,1H3;9-11H,4-5,7-8H2,1-3H3,(H,16,18)/t;9-,10+,11-/m.0/s1. The van der Waals surface area contributed by atoms with Crippen molar-refractivity contribution in [1.29, 1.82) is 5.26 Å². The van der Waals surface area contributed by atoms with Crippen LogP contribution in [0.15, 0.2) is 29.6 Å². The van der Waals surface area contributed by atoms with E-state index in [2.05, 4.69) is 10.2 Å². The van der Waals surface area contributed by atoms with Gasteiger partial charge in [-0.2, -0.15) is 5.26 Å². The Morgan fingerprint density at radius 1 is 1.05 bits per heavy atom. The normalized spacial score (nSPS) is 23.0. The van der Waals surface area contributed by atoms with Gasteiger partial charge in [-0.3, -0.25) is 19.4 Å². The van der Waals surface area contributed by atoms with E-state index in [9.17, 15) is 18.8 Å². The number of halogens is 1. The third kappa shape index (κ3) is 7.41. The van der Waals surface area contributed by atoms with Crippen LogP contribution in [-0.2, 0) is 9.53 Å². The van der Waals surface area contributed by atoms with Gasteiger partial charge in [-0.1, -0.05) is 12.1 Å². The second kappa shape index (κ2) is 13.2. The van der Waals surface area contributed by atoms with Gasteiger partial charge >= 0.3 is 6.09 Å². The maximum absolute atomic E-state index is 13.8. The Hall–Kier alpha value is -3.49. The van der Waals surface area contributed by atoms with Crippen molar-refractivity contribution >= 4 is 29.2 Å². The number of nitrogens with zero attached hydrogens (tertiary/aromatic N) is 4. The van der Waals surface area contributed by atoms with Crippen LogP contribution in [0.3, 0.4) is 0 Å². The monoisotopic (exact) mass is 623 g/mol. The molecule has 2 bridgehead atoms. The number of thiophene rings is 1. The first-order valence-electron chi connectivity index (χ1n) is 15.5. The topological polar surface area (TPSA) is 106 Å². The van der Waals surface area contributed by atoms with Crippen molar-refractivity contribution in [2.45, 2.75) is 83.5 Å². The van der Waals surface area contributed by atoms with Crippen LogP contribution in [0.1, 0.15) is 68.1 Å². The van der Waals surface area contributed by atoms with Gasteiger partial charge in [-0.15, -0.1) is 11.3 Å². The molecule has 1 aromatic heterocycles. The van der Waals surface area contributed by atoms with E-state index in [0.717, 1.165) is 67.5 Å². The van der Waals surface area contributed by atoms with Gasteiger partial charge in [0.15, 0.2) is 0 Å². The van der Waals surface area contributed by atoms with E-state index in [1.54, 1.807) is 24.0 Å². The summed E-state index contributed by atoms with van der Waals surface area (Å²) in [5, 5.41) is 13.0. The van der Waals surface area contributed by atoms with E-state index in [1.807, 2.05) is 49.3 Å². The fourth-order valence-electron chi connectivity index (χ4n) is 6.39. The van der Waals surface area contributed by atoms with Crippen LogP contribution in [0.2, 0.25) is 0 Å². The number of carbonyl (C=O) groups is 3. The van der Waals surface area contributed by atoms with Crippen molar-refractivity contribution in [2.24, 2.45) is 5.92 Å². The lowest BCUT2D eigenvalue weighted by atomic mass is 9.98. The quantitative estimate of drug-likeness (QED) is 0.460. The Bertz CT molecular complexity index is 1420. The highest BCUT2D eigenvalue weighted by molar-refractivity contribution is 7.12. The van der Waals surface area contributed by atoms with Gasteiger partial charge in [-0.05, 0) is 99.9 Å². The third-order valence-corrected chi connectivity index (χ3v) is 9.70. The maximum atomic E-state index is 13.8. The molecule has 4 fully saturated rings. The number of rotatable bonds is 5. The molecule has 0 spiro atoms. The summed E-state index contributed by atoms with van der Waals surface area (Å²) in [5.41, 5.74) is 1.80. The van der Waals surface area contributed by atoms with Gasteiger partial charge < -0.3 is 15.0 Å². The fraction of sp³-hybridized carbons (Fsp3) is 0.576. The first-order chi connectivity index (χ1) is 20.9. The zero-order valence-electron chi connectivity index (χ0n) is 26.0. The summed E-state index contributed by atoms with van der Waals surface area (Å²) in [7, 11) is 0. The summed E-state index contributed by atoms with van der Waals surface area (Å²) in [6.07, 6.45) is 4.93. The number of ether oxygens (including phenoxy) is 1. The highest BCUT2D eigenvalue weighted by Gasteiger charge is 2.52. The number of nitriles is 1. The zero-order chi connectivity index (χ0) is 31.6. The molecular weight excluding hydrogens is 581 g/mol. The molecule has 4 aliphatic rings. The molecule has 3 amide bonds. The number of piperidine rings is 1. The number of benzene rings is 1. The van der Waals surface area contributed by atoms with Crippen molar-refractivity contribution in [3.63, 3.8) is 0 Å². The molecule has 2 saturated heterocycles.